The van der Waals surface area contributed by atoms with Crippen LogP contribution < -0.4 is 0 Å². The summed E-state index contributed by atoms with van der Waals surface area (Å²) >= 11 is 7.40. The topological polar surface area (TPSA) is 77.5 Å². The van der Waals surface area contributed by atoms with Gasteiger partial charge in [0.15, 0.2) is 10.7 Å². The van der Waals surface area contributed by atoms with Crippen LogP contribution in [0.25, 0.3) is 33.1 Å². The standard InChI is InChI=1S/C24H14ClN3O3S/c25-19-8-7-18(14-21(19)28(30)31)23-20(27-11-12-32-24(27)26-23)9-10-22(29)17-6-5-15-3-1-2-4-16(15)13-17/h1-14H/b10-9+. The summed E-state index contributed by atoms with van der Waals surface area (Å²) in [6.07, 6.45) is 5.04. The van der Waals surface area contributed by atoms with Gasteiger partial charge in [0.25, 0.3) is 5.69 Å². The molecule has 32 heavy (non-hydrogen) atoms. The summed E-state index contributed by atoms with van der Waals surface area (Å²) in [7, 11) is 0. The quantitative estimate of drug-likeness (QED) is 0.127. The van der Waals surface area contributed by atoms with Crippen molar-refractivity contribution in [3.63, 3.8) is 0 Å². The first-order chi connectivity index (χ1) is 15.5. The van der Waals surface area contributed by atoms with Gasteiger partial charge in [-0.15, -0.1) is 11.3 Å². The molecule has 0 saturated heterocycles. The van der Waals surface area contributed by atoms with E-state index >= 15 is 0 Å². The Bertz CT molecular complexity index is 1550. The molecule has 0 N–H and O–H groups in total. The second-order valence-electron chi connectivity index (χ2n) is 7.08. The fraction of sp³-hybridized carbons (Fsp3) is 0. The fourth-order valence-corrected chi connectivity index (χ4v) is 4.48. The highest BCUT2D eigenvalue weighted by Gasteiger charge is 2.18. The minimum atomic E-state index is -0.525. The number of imidazole rings is 1. The summed E-state index contributed by atoms with van der Waals surface area (Å²) in [4.78, 5) is 29.0. The molecule has 0 aliphatic heterocycles. The van der Waals surface area contributed by atoms with E-state index in [4.69, 9.17) is 11.6 Å². The first kappa shape index (κ1) is 20.1. The Kier molecular flexibility index (Phi) is 5.05. The maximum absolute atomic E-state index is 12.9. The molecule has 0 spiro atoms. The first-order valence-electron chi connectivity index (χ1n) is 9.62. The predicted molar refractivity (Wildman–Crippen MR) is 127 cm³/mol. The van der Waals surface area contributed by atoms with Crippen molar-refractivity contribution in [1.82, 2.24) is 9.38 Å². The smallest absolute Gasteiger partial charge is 0.288 e. The maximum Gasteiger partial charge on any atom is 0.288 e. The zero-order chi connectivity index (χ0) is 22.2. The number of aromatic nitrogens is 2. The van der Waals surface area contributed by atoms with E-state index < -0.39 is 4.92 Å². The SMILES string of the molecule is O=C(/C=C/c1c(-c2ccc(Cl)c([N+](=O)[O-])c2)nc2sccn12)c1ccc2ccccc2c1. The largest absolute Gasteiger partial charge is 0.290 e. The number of halogens is 1. The Labute approximate surface area is 191 Å². The molecule has 8 heteroatoms. The van der Waals surface area contributed by atoms with Gasteiger partial charge in [0.1, 0.15) is 5.02 Å². The molecule has 0 bridgehead atoms. The lowest BCUT2D eigenvalue weighted by atomic mass is 10.0. The summed E-state index contributed by atoms with van der Waals surface area (Å²) in [6, 6.07) is 18.0. The number of hydrogen-bond donors (Lipinski definition) is 0. The molecule has 5 rings (SSSR count). The molecule has 0 atom stereocenters. The average Bonchev–Trinajstić information content (AvgIpc) is 3.39. The number of rotatable bonds is 5. The van der Waals surface area contributed by atoms with Crippen molar-refractivity contribution in [3.8, 4) is 11.3 Å². The van der Waals surface area contributed by atoms with Crippen LogP contribution in [0.2, 0.25) is 5.02 Å². The lowest BCUT2D eigenvalue weighted by Crippen LogP contribution is -1.95. The molecule has 0 saturated carbocycles. The summed E-state index contributed by atoms with van der Waals surface area (Å²) < 4.78 is 1.85. The van der Waals surface area contributed by atoms with Gasteiger partial charge in [-0.1, -0.05) is 54.1 Å². The Morgan fingerprint density at radius 2 is 1.91 bits per heavy atom. The molecule has 0 amide bonds. The molecule has 0 radical (unpaired) electrons. The molecule has 156 valence electrons. The van der Waals surface area contributed by atoms with Crippen LogP contribution in [0.1, 0.15) is 16.1 Å². The Morgan fingerprint density at radius 3 is 2.72 bits per heavy atom. The molecule has 6 nitrogen and oxygen atoms in total. The molecule has 0 unspecified atom stereocenters. The van der Waals surface area contributed by atoms with Crippen LogP contribution in [0.15, 0.2) is 78.3 Å². The van der Waals surface area contributed by atoms with Gasteiger partial charge in [0, 0.05) is 28.8 Å². The number of fused-ring (bicyclic) bond motifs is 2. The normalized spacial score (nSPS) is 11.5. The number of ketones is 1. The molecule has 2 aromatic heterocycles. The van der Waals surface area contributed by atoms with Crippen molar-refractivity contribution in [2.45, 2.75) is 0 Å². The third-order valence-electron chi connectivity index (χ3n) is 5.14. The molecule has 0 aliphatic rings. The van der Waals surface area contributed by atoms with E-state index in [2.05, 4.69) is 4.98 Å². The molecule has 2 heterocycles. The van der Waals surface area contributed by atoms with Gasteiger partial charge in [0.2, 0.25) is 0 Å². The van der Waals surface area contributed by atoms with Gasteiger partial charge in [-0.2, -0.15) is 0 Å². The summed E-state index contributed by atoms with van der Waals surface area (Å²) in [5.41, 5.74) is 2.14. The highest BCUT2D eigenvalue weighted by molar-refractivity contribution is 7.15. The summed E-state index contributed by atoms with van der Waals surface area (Å²) in [6.45, 7) is 0. The zero-order valence-electron chi connectivity index (χ0n) is 16.4. The van der Waals surface area contributed by atoms with E-state index in [0.29, 0.717) is 22.5 Å². The number of thiazole rings is 1. The minimum absolute atomic E-state index is 0.0587. The van der Waals surface area contributed by atoms with Crippen LogP contribution in [-0.4, -0.2) is 20.1 Å². The van der Waals surface area contributed by atoms with Crippen LogP contribution >= 0.6 is 22.9 Å². The van der Waals surface area contributed by atoms with Crippen molar-refractivity contribution < 1.29 is 9.72 Å². The minimum Gasteiger partial charge on any atom is -0.290 e. The average molecular weight is 460 g/mol. The molecule has 0 aliphatic carbocycles. The number of nitro benzene ring substituents is 1. The van der Waals surface area contributed by atoms with Crippen LogP contribution in [0.4, 0.5) is 5.69 Å². The van der Waals surface area contributed by atoms with Gasteiger partial charge >= 0.3 is 0 Å². The van der Waals surface area contributed by atoms with Gasteiger partial charge in [-0.25, -0.2) is 4.98 Å². The van der Waals surface area contributed by atoms with E-state index in [9.17, 15) is 14.9 Å². The second kappa shape index (κ2) is 8.03. The van der Waals surface area contributed by atoms with E-state index in [0.717, 1.165) is 15.7 Å². The Morgan fingerprint density at radius 1 is 1.09 bits per heavy atom. The lowest BCUT2D eigenvalue weighted by molar-refractivity contribution is -0.384. The molecule has 5 aromatic rings. The van der Waals surface area contributed by atoms with Crippen molar-refractivity contribution in [1.29, 1.82) is 0 Å². The van der Waals surface area contributed by atoms with Crippen LogP contribution in [0, 0.1) is 10.1 Å². The van der Waals surface area contributed by atoms with Gasteiger partial charge < -0.3 is 0 Å². The lowest BCUT2D eigenvalue weighted by Gasteiger charge is -2.03. The van der Waals surface area contributed by atoms with Gasteiger partial charge in [-0.05, 0) is 35.1 Å². The monoisotopic (exact) mass is 459 g/mol. The fourth-order valence-electron chi connectivity index (χ4n) is 3.57. The van der Waals surface area contributed by atoms with Crippen molar-refractivity contribution in [2.75, 3.05) is 0 Å². The van der Waals surface area contributed by atoms with E-state index in [1.54, 1.807) is 18.2 Å². The number of benzene rings is 3. The second-order valence-corrected chi connectivity index (χ2v) is 8.36. The maximum atomic E-state index is 12.9. The number of hydrogen-bond acceptors (Lipinski definition) is 5. The molecule has 3 aromatic carbocycles. The Hall–Kier alpha value is -3.81. The van der Waals surface area contributed by atoms with Crippen molar-refractivity contribution in [2.24, 2.45) is 0 Å². The molecule has 0 fully saturated rings. The first-order valence-corrected chi connectivity index (χ1v) is 10.9. The highest BCUT2D eigenvalue weighted by atomic mass is 35.5. The number of carbonyl (C=O) groups is 1. The van der Waals surface area contributed by atoms with Crippen LogP contribution in [-0.2, 0) is 0 Å². The Balaban J connectivity index is 1.56. The number of nitrogens with zero attached hydrogens (tertiary/aromatic N) is 3. The van der Waals surface area contributed by atoms with Crippen LogP contribution in [0.3, 0.4) is 0 Å². The summed E-state index contributed by atoms with van der Waals surface area (Å²) in [5, 5.41) is 15.3. The predicted octanol–water partition coefficient (Wildman–Crippen LogP) is 6.67. The highest BCUT2D eigenvalue weighted by Crippen LogP contribution is 2.33. The zero-order valence-corrected chi connectivity index (χ0v) is 18.0. The van der Waals surface area contributed by atoms with E-state index in [1.807, 2.05) is 52.4 Å². The van der Waals surface area contributed by atoms with Gasteiger partial charge in [-0.3, -0.25) is 19.3 Å². The number of carbonyl (C=O) groups excluding carboxylic acids is 1. The van der Waals surface area contributed by atoms with Crippen molar-refractivity contribution >= 4 is 56.2 Å². The number of allylic oxidation sites excluding steroid dienone is 1. The van der Waals surface area contributed by atoms with Crippen molar-refractivity contribution in [3.05, 3.63) is 105 Å². The molecular weight excluding hydrogens is 446 g/mol. The summed E-state index contributed by atoms with van der Waals surface area (Å²) in [5.74, 6) is -0.144. The van der Waals surface area contributed by atoms with Crippen LogP contribution in [0.5, 0.6) is 0 Å². The van der Waals surface area contributed by atoms with E-state index in [-0.39, 0.29) is 16.5 Å². The third-order valence-corrected chi connectivity index (χ3v) is 6.22. The van der Waals surface area contributed by atoms with Gasteiger partial charge in [0.05, 0.1) is 16.3 Å². The van der Waals surface area contributed by atoms with E-state index in [1.165, 1.54) is 29.5 Å². The third kappa shape index (κ3) is 3.57. The number of nitro groups is 1. The molecular formula is C24H14ClN3O3S.